The van der Waals surface area contributed by atoms with Crippen molar-refractivity contribution in [2.75, 3.05) is 5.32 Å². The van der Waals surface area contributed by atoms with Gasteiger partial charge in [0.25, 0.3) is 0 Å². The Hall–Kier alpha value is -1.81. The van der Waals surface area contributed by atoms with Crippen molar-refractivity contribution >= 4 is 32.5 Å². The molecule has 1 heterocycles. The standard InChI is InChI=1S/C17H16BrN3/c18-14-3-1-11(2-4-14)12-7-16(8-12)20-15-5-6-17-13(9-15)10-19-21-17/h1-6,9-10,12,16,20H,7-8H2,(H,19,21). The number of nitrogens with zero attached hydrogens (tertiary/aromatic N) is 1. The fourth-order valence-electron chi connectivity index (χ4n) is 3.01. The van der Waals surface area contributed by atoms with Gasteiger partial charge >= 0.3 is 0 Å². The van der Waals surface area contributed by atoms with E-state index in [-0.39, 0.29) is 0 Å². The average Bonchev–Trinajstić information content (AvgIpc) is 2.91. The summed E-state index contributed by atoms with van der Waals surface area (Å²) in [6.07, 6.45) is 4.27. The van der Waals surface area contributed by atoms with Crippen molar-refractivity contribution in [1.29, 1.82) is 0 Å². The predicted molar refractivity (Wildman–Crippen MR) is 89.6 cm³/mol. The van der Waals surface area contributed by atoms with Gasteiger partial charge in [-0.3, -0.25) is 5.10 Å². The molecule has 0 saturated heterocycles. The summed E-state index contributed by atoms with van der Waals surface area (Å²) in [5, 5.41) is 11.8. The van der Waals surface area contributed by atoms with Crippen molar-refractivity contribution in [3.8, 4) is 0 Å². The quantitative estimate of drug-likeness (QED) is 0.725. The summed E-state index contributed by atoms with van der Waals surface area (Å²) in [5.74, 6) is 0.688. The van der Waals surface area contributed by atoms with E-state index in [1.165, 1.54) is 24.1 Å². The number of rotatable bonds is 3. The van der Waals surface area contributed by atoms with Gasteiger partial charge in [0, 0.05) is 21.6 Å². The maximum absolute atomic E-state index is 4.06. The highest BCUT2D eigenvalue weighted by Crippen LogP contribution is 2.39. The van der Waals surface area contributed by atoms with Gasteiger partial charge in [0.05, 0.1) is 11.7 Å². The van der Waals surface area contributed by atoms with Crippen LogP contribution in [0.4, 0.5) is 5.69 Å². The van der Waals surface area contributed by atoms with Gasteiger partial charge in [0.1, 0.15) is 0 Å². The van der Waals surface area contributed by atoms with Gasteiger partial charge in [-0.2, -0.15) is 5.10 Å². The molecule has 1 saturated carbocycles. The summed E-state index contributed by atoms with van der Waals surface area (Å²) < 4.78 is 1.15. The highest BCUT2D eigenvalue weighted by atomic mass is 79.9. The molecule has 21 heavy (non-hydrogen) atoms. The van der Waals surface area contributed by atoms with Gasteiger partial charge in [-0.1, -0.05) is 28.1 Å². The SMILES string of the molecule is Brc1ccc(C2CC(Nc3ccc4[nH]ncc4c3)C2)cc1. The molecule has 4 heteroatoms. The van der Waals surface area contributed by atoms with Crippen molar-refractivity contribution in [2.24, 2.45) is 0 Å². The smallest absolute Gasteiger partial charge is 0.0651 e. The van der Waals surface area contributed by atoms with Crippen LogP contribution >= 0.6 is 15.9 Å². The molecule has 0 atom stereocenters. The number of hydrogen-bond donors (Lipinski definition) is 2. The van der Waals surface area contributed by atoms with Crippen LogP contribution in [0.3, 0.4) is 0 Å². The average molecular weight is 342 g/mol. The number of hydrogen-bond acceptors (Lipinski definition) is 2. The van der Waals surface area contributed by atoms with E-state index in [1.807, 2.05) is 6.20 Å². The van der Waals surface area contributed by atoms with Crippen LogP contribution in [-0.2, 0) is 0 Å². The van der Waals surface area contributed by atoms with E-state index in [4.69, 9.17) is 0 Å². The van der Waals surface area contributed by atoms with Gasteiger partial charge in [0.15, 0.2) is 0 Å². The maximum Gasteiger partial charge on any atom is 0.0651 e. The molecule has 3 aromatic rings. The molecule has 0 unspecified atom stereocenters. The first kappa shape index (κ1) is 12.9. The Kier molecular flexibility index (Phi) is 3.19. The summed E-state index contributed by atoms with van der Waals surface area (Å²) in [4.78, 5) is 0. The first-order valence-corrected chi connectivity index (χ1v) is 8.02. The summed E-state index contributed by atoms with van der Waals surface area (Å²) >= 11 is 3.49. The van der Waals surface area contributed by atoms with Crippen molar-refractivity contribution in [2.45, 2.75) is 24.8 Å². The molecule has 3 nitrogen and oxygen atoms in total. The first-order chi connectivity index (χ1) is 10.3. The zero-order valence-electron chi connectivity index (χ0n) is 11.5. The number of nitrogens with one attached hydrogen (secondary N) is 2. The van der Waals surface area contributed by atoms with Crippen molar-refractivity contribution in [1.82, 2.24) is 10.2 Å². The molecular weight excluding hydrogens is 326 g/mol. The van der Waals surface area contributed by atoms with Crippen LogP contribution in [0.15, 0.2) is 53.1 Å². The minimum Gasteiger partial charge on any atom is -0.382 e. The van der Waals surface area contributed by atoms with Crippen LogP contribution in [-0.4, -0.2) is 16.2 Å². The monoisotopic (exact) mass is 341 g/mol. The largest absolute Gasteiger partial charge is 0.382 e. The van der Waals surface area contributed by atoms with Gasteiger partial charge in [-0.05, 0) is 54.7 Å². The molecule has 0 amide bonds. The Labute approximate surface area is 131 Å². The van der Waals surface area contributed by atoms with E-state index >= 15 is 0 Å². The highest BCUT2D eigenvalue weighted by Gasteiger charge is 2.30. The van der Waals surface area contributed by atoms with Crippen LogP contribution in [0.5, 0.6) is 0 Å². The lowest BCUT2D eigenvalue weighted by molar-refractivity contribution is 0.374. The van der Waals surface area contributed by atoms with E-state index in [0.717, 1.165) is 15.4 Å². The lowest BCUT2D eigenvalue weighted by Gasteiger charge is -2.37. The summed E-state index contributed by atoms with van der Waals surface area (Å²) in [6, 6.07) is 15.6. The number of halogens is 1. The maximum atomic E-state index is 4.06. The van der Waals surface area contributed by atoms with Gasteiger partial charge in [-0.25, -0.2) is 0 Å². The fourth-order valence-corrected chi connectivity index (χ4v) is 3.28. The third kappa shape index (κ3) is 2.56. The summed E-state index contributed by atoms with van der Waals surface area (Å²) in [5.41, 5.74) is 3.71. The van der Waals surface area contributed by atoms with E-state index in [0.29, 0.717) is 12.0 Å². The summed E-state index contributed by atoms with van der Waals surface area (Å²) in [6.45, 7) is 0. The first-order valence-electron chi connectivity index (χ1n) is 7.23. The molecule has 1 fully saturated rings. The highest BCUT2D eigenvalue weighted by molar-refractivity contribution is 9.10. The third-order valence-electron chi connectivity index (χ3n) is 4.29. The van der Waals surface area contributed by atoms with Crippen LogP contribution in [0, 0.1) is 0 Å². The van der Waals surface area contributed by atoms with Crippen molar-refractivity contribution < 1.29 is 0 Å². The Morgan fingerprint density at radius 3 is 2.71 bits per heavy atom. The minimum absolute atomic E-state index is 0.572. The molecule has 2 N–H and O–H groups in total. The van der Waals surface area contributed by atoms with Gasteiger partial charge in [-0.15, -0.1) is 0 Å². The lowest BCUT2D eigenvalue weighted by atomic mass is 9.76. The predicted octanol–water partition coefficient (Wildman–Crippen LogP) is 4.68. The Bertz CT molecular complexity index is 757. The fraction of sp³-hybridized carbons (Fsp3) is 0.235. The molecule has 0 bridgehead atoms. The van der Waals surface area contributed by atoms with E-state index in [1.54, 1.807) is 0 Å². The van der Waals surface area contributed by atoms with E-state index in [2.05, 4.69) is 73.9 Å². The normalized spacial score (nSPS) is 21.2. The number of aromatic amines is 1. The van der Waals surface area contributed by atoms with E-state index < -0.39 is 0 Å². The molecule has 106 valence electrons. The number of fused-ring (bicyclic) bond motifs is 1. The molecule has 1 aromatic heterocycles. The number of aromatic nitrogens is 2. The molecule has 1 aliphatic carbocycles. The van der Waals surface area contributed by atoms with Gasteiger partial charge < -0.3 is 5.32 Å². The number of anilines is 1. The molecular formula is C17H16BrN3. The molecule has 2 aromatic carbocycles. The Morgan fingerprint density at radius 1 is 1.10 bits per heavy atom. The molecule has 4 rings (SSSR count). The lowest BCUT2D eigenvalue weighted by Crippen LogP contribution is -2.33. The van der Waals surface area contributed by atoms with Crippen LogP contribution in [0.25, 0.3) is 10.9 Å². The van der Waals surface area contributed by atoms with Crippen molar-refractivity contribution in [3.05, 3.63) is 58.7 Å². The molecule has 0 radical (unpaired) electrons. The number of H-pyrrole nitrogens is 1. The minimum atomic E-state index is 0.572. The van der Waals surface area contributed by atoms with E-state index in [9.17, 15) is 0 Å². The zero-order chi connectivity index (χ0) is 14.2. The Balaban J connectivity index is 1.40. The second-order valence-electron chi connectivity index (χ2n) is 5.73. The molecule has 1 aliphatic rings. The molecule has 0 spiro atoms. The van der Waals surface area contributed by atoms with Crippen LogP contribution in [0.2, 0.25) is 0 Å². The topological polar surface area (TPSA) is 40.7 Å². The van der Waals surface area contributed by atoms with Crippen LogP contribution in [0.1, 0.15) is 24.3 Å². The molecule has 0 aliphatic heterocycles. The second kappa shape index (κ2) is 5.19. The van der Waals surface area contributed by atoms with Gasteiger partial charge in [0.2, 0.25) is 0 Å². The Morgan fingerprint density at radius 2 is 1.90 bits per heavy atom. The zero-order valence-corrected chi connectivity index (χ0v) is 13.1. The number of benzene rings is 2. The summed E-state index contributed by atoms with van der Waals surface area (Å²) in [7, 11) is 0. The van der Waals surface area contributed by atoms with Crippen molar-refractivity contribution in [3.63, 3.8) is 0 Å². The third-order valence-corrected chi connectivity index (χ3v) is 4.82. The van der Waals surface area contributed by atoms with Crippen LogP contribution < -0.4 is 5.32 Å². The second-order valence-corrected chi connectivity index (χ2v) is 6.65.